The Hall–Kier alpha value is -2.29. The minimum absolute atomic E-state index is 0.0192. The predicted octanol–water partition coefficient (Wildman–Crippen LogP) is 3.16. The van der Waals surface area contributed by atoms with Crippen molar-refractivity contribution in [3.63, 3.8) is 0 Å². The lowest BCUT2D eigenvalue weighted by Crippen LogP contribution is -2.27. The number of hydrogen-bond acceptors (Lipinski definition) is 2. The van der Waals surface area contributed by atoms with Crippen LogP contribution in [0.4, 0.5) is 5.69 Å². The molecule has 2 rings (SSSR count). The predicted molar refractivity (Wildman–Crippen MR) is 82.6 cm³/mol. The lowest BCUT2D eigenvalue weighted by molar-refractivity contribution is 0.0784. The van der Waals surface area contributed by atoms with Crippen molar-refractivity contribution in [2.75, 3.05) is 12.8 Å². The van der Waals surface area contributed by atoms with Crippen LogP contribution >= 0.6 is 0 Å². The number of nitrogens with two attached hydrogens (primary N) is 1. The highest BCUT2D eigenvalue weighted by Gasteiger charge is 2.14. The molecule has 0 aliphatic carbocycles. The number of carbonyl (C=O) groups is 1. The zero-order valence-electron chi connectivity index (χ0n) is 12.2. The van der Waals surface area contributed by atoms with Crippen LogP contribution in [0, 0.1) is 13.8 Å². The topological polar surface area (TPSA) is 46.3 Å². The van der Waals surface area contributed by atoms with E-state index in [2.05, 4.69) is 19.1 Å². The second-order valence-corrected chi connectivity index (χ2v) is 5.16. The van der Waals surface area contributed by atoms with Crippen molar-refractivity contribution >= 4 is 11.6 Å². The zero-order chi connectivity index (χ0) is 14.7. The van der Waals surface area contributed by atoms with Crippen LogP contribution in [-0.2, 0) is 6.54 Å². The molecule has 0 aliphatic rings. The Morgan fingerprint density at radius 1 is 1.10 bits per heavy atom. The van der Waals surface area contributed by atoms with E-state index in [1.165, 1.54) is 5.56 Å². The standard InChI is InChI=1S/C17H20N2O/c1-12-6-4-5-7-14(12)11-19(3)17(20)16-9-8-15(18)10-13(16)2/h4-10H,11,18H2,1-3H3. The molecule has 3 nitrogen and oxygen atoms in total. The molecule has 1 amide bonds. The second-order valence-electron chi connectivity index (χ2n) is 5.16. The number of nitrogens with zero attached hydrogens (tertiary/aromatic N) is 1. The second kappa shape index (κ2) is 5.78. The van der Waals surface area contributed by atoms with E-state index in [0.29, 0.717) is 17.8 Å². The third-order valence-corrected chi connectivity index (χ3v) is 3.50. The first-order chi connectivity index (χ1) is 9.49. The summed E-state index contributed by atoms with van der Waals surface area (Å²) in [7, 11) is 1.82. The first-order valence-electron chi connectivity index (χ1n) is 6.65. The number of amides is 1. The van der Waals surface area contributed by atoms with E-state index < -0.39 is 0 Å². The Morgan fingerprint density at radius 3 is 2.45 bits per heavy atom. The van der Waals surface area contributed by atoms with E-state index in [4.69, 9.17) is 5.73 Å². The molecule has 0 heterocycles. The van der Waals surface area contributed by atoms with Gasteiger partial charge in [0, 0.05) is 24.8 Å². The molecule has 3 heteroatoms. The van der Waals surface area contributed by atoms with Gasteiger partial charge in [0.05, 0.1) is 0 Å². The highest BCUT2D eigenvalue weighted by Crippen LogP contribution is 2.16. The molecule has 0 aromatic heterocycles. The summed E-state index contributed by atoms with van der Waals surface area (Å²) in [5, 5.41) is 0. The van der Waals surface area contributed by atoms with Gasteiger partial charge in [0.2, 0.25) is 0 Å². The number of benzene rings is 2. The molecular weight excluding hydrogens is 248 g/mol. The molecule has 0 saturated heterocycles. The fraction of sp³-hybridized carbons (Fsp3) is 0.235. The molecule has 0 aliphatic heterocycles. The SMILES string of the molecule is Cc1ccccc1CN(C)C(=O)c1ccc(N)cc1C. The van der Waals surface area contributed by atoms with Crippen molar-refractivity contribution in [1.29, 1.82) is 0 Å². The highest BCUT2D eigenvalue weighted by molar-refractivity contribution is 5.95. The average Bonchev–Trinajstić information content (AvgIpc) is 2.40. The normalized spacial score (nSPS) is 10.3. The van der Waals surface area contributed by atoms with Crippen LogP contribution in [0.25, 0.3) is 0 Å². The molecule has 2 aromatic rings. The van der Waals surface area contributed by atoms with Gasteiger partial charge in [-0.1, -0.05) is 24.3 Å². The first-order valence-corrected chi connectivity index (χ1v) is 6.65. The molecule has 2 N–H and O–H groups in total. The third kappa shape index (κ3) is 2.99. The van der Waals surface area contributed by atoms with Crippen molar-refractivity contribution in [3.05, 3.63) is 64.7 Å². The lowest BCUT2D eigenvalue weighted by Gasteiger charge is -2.19. The zero-order valence-corrected chi connectivity index (χ0v) is 12.2. The number of hydrogen-bond donors (Lipinski definition) is 1. The van der Waals surface area contributed by atoms with E-state index in [9.17, 15) is 4.79 Å². The molecule has 0 bridgehead atoms. The molecule has 20 heavy (non-hydrogen) atoms. The van der Waals surface area contributed by atoms with Crippen LogP contribution in [0.5, 0.6) is 0 Å². The number of carbonyl (C=O) groups excluding carboxylic acids is 1. The summed E-state index contributed by atoms with van der Waals surface area (Å²) in [5.74, 6) is 0.0192. The van der Waals surface area contributed by atoms with E-state index >= 15 is 0 Å². The largest absolute Gasteiger partial charge is 0.399 e. The third-order valence-electron chi connectivity index (χ3n) is 3.50. The van der Waals surface area contributed by atoms with Gasteiger partial charge >= 0.3 is 0 Å². The van der Waals surface area contributed by atoms with Crippen LogP contribution in [0.3, 0.4) is 0 Å². The van der Waals surface area contributed by atoms with E-state index in [0.717, 1.165) is 11.1 Å². The number of nitrogen functional groups attached to an aromatic ring is 1. The Balaban J connectivity index is 2.19. The van der Waals surface area contributed by atoms with Crippen LogP contribution < -0.4 is 5.73 Å². The van der Waals surface area contributed by atoms with Crippen molar-refractivity contribution in [2.45, 2.75) is 20.4 Å². The monoisotopic (exact) mass is 268 g/mol. The molecule has 0 radical (unpaired) electrons. The maximum Gasteiger partial charge on any atom is 0.254 e. The van der Waals surface area contributed by atoms with Gasteiger partial charge in [0.25, 0.3) is 5.91 Å². The summed E-state index contributed by atoms with van der Waals surface area (Å²) in [6.07, 6.45) is 0. The molecule has 0 fully saturated rings. The summed E-state index contributed by atoms with van der Waals surface area (Å²) in [4.78, 5) is 14.2. The molecule has 0 spiro atoms. The number of aryl methyl sites for hydroxylation is 2. The average molecular weight is 268 g/mol. The summed E-state index contributed by atoms with van der Waals surface area (Å²) < 4.78 is 0. The van der Waals surface area contributed by atoms with Gasteiger partial charge in [-0.05, 0) is 48.7 Å². The lowest BCUT2D eigenvalue weighted by atomic mass is 10.1. The Morgan fingerprint density at radius 2 is 1.80 bits per heavy atom. The Labute approximate surface area is 120 Å². The molecule has 2 aromatic carbocycles. The summed E-state index contributed by atoms with van der Waals surface area (Å²) in [6, 6.07) is 13.5. The number of rotatable bonds is 3. The minimum atomic E-state index is 0.0192. The van der Waals surface area contributed by atoms with Gasteiger partial charge in [0.1, 0.15) is 0 Å². The van der Waals surface area contributed by atoms with Crippen LogP contribution in [0.1, 0.15) is 27.0 Å². The summed E-state index contributed by atoms with van der Waals surface area (Å²) in [6.45, 7) is 4.57. The fourth-order valence-electron chi connectivity index (χ4n) is 2.25. The van der Waals surface area contributed by atoms with Gasteiger partial charge in [-0.2, -0.15) is 0 Å². The van der Waals surface area contributed by atoms with Crippen molar-refractivity contribution in [1.82, 2.24) is 4.90 Å². The van der Waals surface area contributed by atoms with Gasteiger partial charge in [0.15, 0.2) is 0 Å². The van der Waals surface area contributed by atoms with Crippen molar-refractivity contribution in [2.24, 2.45) is 0 Å². The summed E-state index contributed by atoms with van der Waals surface area (Å²) in [5.41, 5.74) is 10.4. The summed E-state index contributed by atoms with van der Waals surface area (Å²) >= 11 is 0. The highest BCUT2D eigenvalue weighted by atomic mass is 16.2. The van der Waals surface area contributed by atoms with E-state index in [-0.39, 0.29) is 5.91 Å². The minimum Gasteiger partial charge on any atom is -0.399 e. The maximum atomic E-state index is 12.5. The quantitative estimate of drug-likeness (QED) is 0.869. The van der Waals surface area contributed by atoms with E-state index in [1.54, 1.807) is 17.0 Å². The van der Waals surface area contributed by atoms with Crippen molar-refractivity contribution < 1.29 is 4.79 Å². The molecule has 0 saturated carbocycles. The van der Waals surface area contributed by atoms with Gasteiger partial charge in [-0.15, -0.1) is 0 Å². The van der Waals surface area contributed by atoms with Crippen LogP contribution in [0.2, 0.25) is 0 Å². The Kier molecular flexibility index (Phi) is 4.08. The smallest absolute Gasteiger partial charge is 0.254 e. The maximum absolute atomic E-state index is 12.5. The first kappa shape index (κ1) is 14.1. The van der Waals surface area contributed by atoms with E-state index in [1.807, 2.05) is 32.2 Å². The molecule has 0 unspecified atom stereocenters. The number of anilines is 1. The molecule has 0 atom stereocenters. The fourth-order valence-corrected chi connectivity index (χ4v) is 2.25. The van der Waals surface area contributed by atoms with Gasteiger partial charge < -0.3 is 10.6 Å². The Bertz CT molecular complexity index is 635. The molecule has 104 valence electrons. The van der Waals surface area contributed by atoms with Crippen LogP contribution in [0.15, 0.2) is 42.5 Å². The van der Waals surface area contributed by atoms with Crippen molar-refractivity contribution in [3.8, 4) is 0 Å². The van der Waals surface area contributed by atoms with Gasteiger partial charge in [-0.3, -0.25) is 4.79 Å². The molecular formula is C17H20N2O. The van der Waals surface area contributed by atoms with Gasteiger partial charge in [-0.25, -0.2) is 0 Å². The van der Waals surface area contributed by atoms with Crippen LogP contribution in [-0.4, -0.2) is 17.9 Å².